The molecule has 2 aromatic heterocycles. The van der Waals surface area contributed by atoms with Crippen molar-refractivity contribution in [3.8, 4) is 0 Å². The first-order chi connectivity index (χ1) is 9.52. The summed E-state index contributed by atoms with van der Waals surface area (Å²) in [6.45, 7) is 5.94. The molecule has 1 atom stereocenters. The molecule has 2 aromatic rings. The fourth-order valence-corrected chi connectivity index (χ4v) is 2.03. The third-order valence-corrected chi connectivity index (χ3v) is 3.31. The van der Waals surface area contributed by atoms with Gasteiger partial charge in [-0.25, -0.2) is 4.98 Å². The maximum absolute atomic E-state index is 12.1. The molecule has 20 heavy (non-hydrogen) atoms. The number of nitrogens with zero attached hydrogens (tertiary/aromatic N) is 4. The fourth-order valence-electron chi connectivity index (χ4n) is 2.03. The van der Waals surface area contributed by atoms with Crippen LogP contribution in [-0.2, 0) is 13.5 Å². The number of amides is 1. The van der Waals surface area contributed by atoms with Crippen LogP contribution in [0.1, 0.15) is 54.0 Å². The maximum atomic E-state index is 12.1. The Labute approximate surface area is 117 Å². The van der Waals surface area contributed by atoms with Gasteiger partial charge in [0.05, 0.1) is 12.2 Å². The van der Waals surface area contributed by atoms with Gasteiger partial charge in [-0.1, -0.05) is 6.92 Å². The van der Waals surface area contributed by atoms with E-state index in [1.807, 2.05) is 20.9 Å². The van der Waals surface area contributed by atoms with E-state index in [4.69, 9.17) is 0 Å². The van der Waals surface area contributed by atoms with Crippen molar-refractivity contribution in [3.63, 3.8) is 0 Å². The molecule has 0 saturated heterocycles. The highest BCUT2D eigenvalue weighted by atomic mass is 16.2. The largest absolute Gasteiger partial charge is 0.343 e. The molecule has 1 amide bonds. The summed E-state index contributed by atoms with van der Waals surface area (Å²) >= 11 is 0. The molecule has 0 aromatic carbocycles. The SMILES string of the molecule is CCCc1nc(C(=O)NC(C)c2cnn(C)c2C)n[nH]1. The molecule has 0 aliphatic carbocycles. The number of carbonyl (C=O) groups excluding carboxylic acids is 1. The van der Waals surface area contributed by atoms with Gasteiger partial charge in [0, 0.05) is 24.7 Å². The molecule has 7 heteroatoms. The smallest absolute Gasteiger partial charge is 0.291 e. The van der Waals surface area contributed by atoms with Crippen molar-refractivity contribution >= 4 is 5.91 Å². The molecule has 7 nitrogen and oxygen atoms in total. The molecule has 0 fully saturated rings. The summed E-state index contributed by atoms with van der Waals surface area (Å²) in [4.78, 5) is 16.3. The minimum Gasteiger partial charge on any atom is -0.343 e. The van der Waals surface area contributed by atoms with Crippen molar-refractivity contribution in [2.24, 2.45) is 7.05 Å². The second-order valence-electron chi connectivity index (χ2n) is 4.86. The quantitative estimate of drug-likeness (QED) is 0.861. The Balaban J connectivity index is 2.05. The van der Waals surface area contributed by atoms with E-state index in [2.05, 4.69) is 32.5 Å². The van der Waals surface area contributed by atoms with Crippen LogP contribution in [-0.4, -0.2) is 30.9 Å². The van der Waals surface area contributed by atoms with E-state index in [9.17, 15) is 4.79 Å². The van der Waals surface area contributed by atoms with Crippen molar-refractivity contribution in [1.29, 1.82) is 0 Å². The normalized spacial score (nSPS) is 12.4. The number of rotatable bonds is 5. The fraction of sp³-hybridized carbons (Fsp3) is 0.538. The molecule has 2 rings (SSSR count). The van der Waals surface area contributed by atoms with Gasteiger partial charge in [-0.05, 0) is 20.3 Å². The first kappa shape index (κ1) is 14.2. The zero-order chi connectivity index (χ0) is 14.7. The van der Waals surface area contributed by atoms with Gasteiger partial charge in [-0.3, -0.25) is 14.6 Å². The van der Waals surface area contributed by atoms with Gasteiger partial charge in [-0.2, -0.15) is 5.10 Å². The Bertz CT molecular complexity index is 600. The van der Waals surface area contributed by atoms with Crippen LogP contribution in [0.3, 0.4) is 0 Å². The van der Waals surface area contributed by atoms with Crippen LogP contribution < -0.4 is 5.32 Å². The summed E-state index contributed by atoms with van der Waals surface area (Å²) in [5.41, 5.74) is 2.02. The molecule has 1 unspecified atom stereocenters. The number of carbonyl (C=O) groups is 1. The van der Waals surface area contributed by atoms with E-state index in [-0.39, 0.29) is 17.8 Å². The van der Waals surface area contributed by atoms with Crippen LogP contribution in [0.25, 0.3) is 0 Å². The van der Waals surface area contributed by atoms with Crippen LogP contribution in [0.4, 0.5) is 0 Å². The van der Waals surface area contributed by atoms with Crippen molar-refractivity contribution in [1.82, 2.24) is 30.3 Å². The molecule has 0 aliphatic rings. The van der Waals surface area contributed by atoms with Crippen LogP contribution in [0.15, 0.2) is 6.20 Å². The minimum absolute atomic E-state index is 0.135. The van der Waals surface area contributed by atoms with Crippen molar-refractivity contribution < 1.29 is 4.79 Å². The van der Waals surface area contributed by atoms with Crippen LogP contribution in [0, 0.1) is 6.92 Å². The van der Waals surface area contributed by atoms with E-state index in [0.717, 1.165) is 29.9 Å². The lowest BCUT2D eigenvalue weighted by Gasteiger charge is -2.12. The van der Waals surface area contributed by atoms with Gasteiger partial charge in [0.2, 0.25) is 5.82 Å². The average molecular weight is 276 g/mol. The van der Waals surface area contributed by atoms with E-state index in [1.165, 1.54) is 0 Å². The molecule has 0 aliphatic heterocycles. The Morgan fingerprint density at radius 2 is 2.30 bits per heavy atom. The van der Waals surface area contributed by atoms with Crippen molar-refractivity contribution in [2.75, 3.05) is 0 Å². The third kappa shape index (κ3) is 2.87. The van der Waals surface area contributed by atoms with E-state index < -0.39 is 0 Å². The van der Waals surface area contributed by atoms with Crippen LogP contribution >= 0.6 is 0 Å². The number of hydrogen-bond donors (Lipinski definition) is 2. The lowest BCUT2D eigenvalue weighted by Crippen LogP contribution is -2.28. The van der Waals surface area contributed by atoms with Crippen molar-refractivity contribution in [2.45, 2.75) is 39.7 Å². The second kappa shape index (κ2) is 5.85. The molecular weight excluding hydrogens is 256 g/mol. The van der Waals surface area contributed by atoms with Gasteiger partial charge in [0.25, 0.3) is 5.91 Å². The molecule has 2 heterocycles. The summed E-state index contributed by atoms with van der Waals surface area (Å²) in [5.74, 6) is 0.643. The summed E-state index contributed by atoms with van der Waals surface area (Å²) < 4.78 is 1.78. The lowest BCUT2D eigenvalue weighted by atomic mass is 10.1. The average Bonchev–Trinajstić information content (AvgIpc) is 2.99. The molecular formula is C13H20N6O. The summed E-state index contributed by atoms with van der Waals surface area (Å²) in [6, 6.07) is -0.135. The highest BCUT2D eigenvalue weighted by Gasteiger charge is 2.18. The van der Waals surface area contributed by atoms with Gasteiger partial charge in [-0.15, -0.1) is 5.10 Å². The van der Waals surface area contributed by atoms with Crippen LogP contribution in [0.5, 0.6) is 0 Å². The number of aromatic nitrogens is 5. The maximum Gasteiger partial charge on any atom is 0.291 e. The monoisotopic (exact) mass is 276 g/mol. The predicted octanol–water partition coefficient (Wildman–Crippen LogP) is 1.29. The molecule has 108 valence electrons. The third-order valence-electron chi connectivity index (χ3n) is 3.31. The number of aryl methyl sites for hydroxylation is 2. The standard InChI is InChI=1S/C13H20N6O/c1-5-6-11-16-12(18-17-11)13(20)15-8(2)10-7-14-19(4)9(10)3/h7-8H,5-6H2,1-4H3,(H,15,20)(H,16,17,18). The highest BCUT2D eigenvalue weighted by molar-refractivity contribution is 5.90. The zero-order valence-electron chi connectivity index (χ0n) is 12.3. The van der Waals surface area contributed by atoms with Gasteiger partial charge in [0.15, 0.2) is 0 Å². The summed E-state index contributed by atoms with van der Waals surface area (Å²) in [6.07, 6.45) is 3.51. The lowest BCUT2D eigenvalue weighted by molar-refractivity contribution is 0.0929. The Morgan fingerprint density at radius 3 is 2.90 bits per heavy atom. The van der Waals surface area contributed by atoms with Gasteiger partial charge >= 0.3 is 0 Å². The number of aromatic amines is 1. The van der Waals surface area contributed by atoms with E-state index >= 15 is 0 Å². The first-order valence-electron chi connectivity index (χ1n) is 6.73. The van der Waals surface area contributed by atoms with E-state index in [1.54, 1.807) is 10.9 Å². The van der Waals surface area contributed by atoms with Crippen molar-refractivity contribution in [3.05, 3.63) is 29.1 Å². The Kier molecular flexibility index (Phi) is 4.16. The van der Waals surface area contributed by atoms with Gasteiger partial charge in [0.1, 0.15) is 5.82 Å². The highest BCUT2D eigenvalue weighted by Crippen LogP contribution is 2.16. The zero-order valence-corrected chi connectivity index (χ0v) is 12.3. The van der Waals surface area contributed by atoms with E-state index in [0.29, 0.717) is 0 Å². The first-order valence-corrected chi connectivity index (χ1v) is 6.73. The second-order valence-corrected chi connectivity index (χ2v) is 4.86. The summed E-state index contributed by atoms with van der Waals surface area (Å²) in [5, 5.41) is 13.8. The predicted molar refractivity (Wildman–Crippen MR) is 74.2 cm³/mol. The minimum atomic E-state index is -0.278. The molecule has 2 N–H and O–H groups in total. The van der Waals surface area contributed by atoms with Crippen LogP contribution in [0.2, 0.25) is 0 Å². The molecule has 0 saturated carbocycles. The molecule has 0 radical (unpaired) electrons. The Morgan fingerprint density at radius 1 is 1.55 bits per heavy atom. The summed E-state index contributed by atoms with van der Waals surface area (Å²) in [7, 11) is 1.87. The number of hydrogen-bond acceptors (Lipinski definition) is 4. The number of H-pyrrole nitrogens is 1. The molecule has 0 bridgehead atoms. The Hall–Kier alpha value is -2.18. The van der Waals surface area contributed by atoms with Gasteiger partial charge < -0.3 is 5.32 Å². The topological polar surface area (TPSA) is 88.5 Å². The number of nitrogens with one attached hydrogen (secondary N) is 2. The molecule has 0 spiro atoms.